The molecule has 17 heteroatoms. The number of carbonyl (C=O) groups excluding carboxylic acids is 1. The lowest BCUT2D eigenvalue weighted by Gasteiger charge is -2.19. The van der Waals surface area contributed by atoms with Crippen molar-refractivity contribution in [3.8, 4) is 5.69 Å². The molecule has 2 aromatic rings. The maximum atomic E-state index is 14.7. The molecule has 0 atom stereocenters. The van der Waals surface area contributed by atoms with Gasteiger partial charge in [0.05, 0.1) is 16.4 Å². The highest BCUT2D eigenvalue weighted by molar-refractivity contribution is 6.33. The summed E-state index contributed by atoms with van der Waals surface area (Å²) in [7, 11) is 0.716. The van der Waals surface area contributed by atoms with Gasteiger partial charge >= 0.3 is 23.8 Å². The van der Waals surface area contributed by atoms with Gasteiger partial charge in [-0.15, -0.1) is 0 Å². The predicted molar refractivity (Wildman–Crippen MR) is 113 cm³/mol. The number of hydrogen-bond donors (Lipinski definition) is 2. The van der Waals surface area contributed by atoms with Gasteiger partial charge in [-0.1, -0.05) is 11.6 Å². The minimum Gasteiger partial charge on any atom is -0.480 e. The van der Waals surface area contributed by atoms with Crippen LogP contribution in [0, 0.1) is 5.82 Å². The van der Waals surface area contributed by atoms with Crippen molar-refractivity contribution in [1.82, 2.24) is 18.9 Å². The molecule has 0 unspecified atom stereocenters. The summed E-state index contributed by atoms with van der Waals surface area (Å²) in [5, 5.41) is 17.7. The number of nitrogens with zero attached hydrogens (tertiary/aromatic N) is 5. The van der Waals surface area contributed by atoms with E-state index in [1.165, 1.54) is 0 Å². The Morgan fingerprint density at radius 3 is 2.25 bits per heavy atom. The monoisotopic (exact) mass is 535 g/mol. The van der Waals surface area contributed by atoms with Gasteiger partial charge < -0.3 is 15.1 Å². The first-order valence-electron chi connectivity index (χ1n) is 9.59. The maximum Gasteiger partial charge on any atom is 0.431 e. The molecule has 1 fully saturated rings. The highest BCUT2D eigenvalue weighted by Gasteiger charge is 2.37. The number of aliphatic carboxylic acids is 2. The molecule has 1 saturated heterocycles. The molecule has 36 heavy (non-hydrogen) atoms. The second-order valence-corrected chi connectivity index (χ2v) is 7.74. The van der Waals surface area contributed by atoms with E-state index in [9.17, 15) is 41.5 Å². The highest BCUT2D eigenvalue weighted by atomic mass is 35.5. The summed E-state index contributed by atoms with van der Waals surface area (Å²) in [6.07, 6.45) is -5.06. The molecule has 12 nitrogen and oxygen atoms in total. The summed E-state index contributed by atoms with van der Waals surface area (Å²) in [6, 6.07) is 1.38. The SMILES string of the molecule is Cn1c(C(F)(F)F)cc(=O)n(-c2cc(/N=C3\N(CC(=O)O)CC(=O)N3CC(=O)O)c(Cl)cc2F)c1=O. The van der Waals surface area contributed by atoms with Crippen molar-refractivity contribution in [3.63, 3.8) is 0 Å². The molecule has 2 N–H and O–H groups in total. The Morgan fingerprint density at radius 1 is 1.08 bits per heavy atom. The molecule has 1 aromatic carbocycles. The van der Waals surface area contributed by atoms with Crippen molar-refractivity contribution in [3.05, 3.63) is 55.6 Å². The van der Waals surface area contributed by atoms with E-state index in [0.717, 1.165) is 4.90 Å². The molecule has 0 bridgehead atoms. The Kier molecular flexibility index (Phi) is 6.92. The molecule has 1 aromatic heterocycles. The van der Waals surface area contributed by atoms with Gasteiger partial charge in [-0.05, 0) is 12.1 Å². The van der Waals surface area contributed by atoms with Crippen LogP contribution in [-0.2, 0) is 27.6 Å². The fourth-order valence-electron chi connectivity index (χ4n) is 3.33. The van der Waals surface area contributed by atoms with Gasteiger partial charge in [0.15, 0.2) is 0 Å². The van der Waals surface area contributed by atoms with Gasteiger partial charge in [-0.3, -0.25) is 28.6 Å². The molecular weight excluding hydrogens is 522 g/mol. The van der Waals surface area contributed by atoms with Crippen LogP contribution in [0.4, 0.5) is 23.2 Å². The Balaban J connectivity index is 2.24. The van der Waals surface area contributed by atoms with E-state index in [4.69, 9.17) is 21.8 Å². The van der Waals surface area contributed by atoms with Gasteiger partial charge in [0.1, 0.15) is 31.1 Å². The second kappa shape index (κ2) is 9.44. The van der Waals surface area contributed by atoms with E-state index in [2.05, 4.69) is 4.99 Å². The zero-order valence-corrected chi connectivity index (χ0v) is 18.7. The average Bonchev–Trinajstić information content (AvgIpc) is 3.00. The molecule has 192 valence electrons. The average molecular weight is 536 g/mol. The van der Waals surface area contributed by atoms with Crippen molar-refractivity contribution in [2.45, 2.75) is 6.18 Å². The first-order valence-corrected chi connectivity index (χ1v) is 9.97. The normalized spacial score (nSPS) is 15.2. The van der Waals surface area contributed by atoms with E-state index in [-0.39, 0.29) is 15.2 Å². The summed E-state index contributed by atoms with van der Waals surface area (Å²) in [5.41, 5.74) is -5.96. The number of carbonyl (C=O) groups is 3. The van der Waals surface area contributed by atoms with Crippen molar-refractivity contribution in [1.29, 1.82) is 0 Å². The molecule has 0 spiro atoms. The number of carboxylic acids is 2. The van der Waals surface area contributed by atoms with Crippen LogP contribution in [0.1, 0.15) is 5.69 Å². The van der Waals surface area contributed by atoms with Crippen LogP contribution in [-0.4, -0.2) is 72.6 Å². The summed E-state index contributed by atoms with van der Waals surface area (Å²) in [5.74, 6) is -5.49. The van der Waals surface area contributed by atoms with E-state index in [0.29, 0.717) is 24.1 Å². The maximum absolute atomic E-state index is 14.7. The zero-order valence-electron chi connectivity index (χ0n) is 17.9. The molecule has 3 rings (SSSR count). The van der Waals surface area contributed by atoms with E-state index < -0.39 is 88.8 Å². The fraction of sp³-hybridized carbons (Fsp3) is 0.263. The Morgan fingerprint density at radius 2 is 1.69 bits per heavy atom. The van der Waals surface area contributed by atoms with E-state index in [1.54, 1.807) is 0 Å². The van der Waals surface area contributed by atoms with Crippen LogP contribution in [0.25, 0.3) is 5.69 Å². The number of rotatable bonds is 6. The van der Waals surface area contributed by atoms with Crippen LogP contribution in [0.5, 0.6) is 0 Å². The van der Waals surface area contributed by atoms with Crippen molar-refractivity contribution in [2.24, 2.45) is 12.0 Å². The smallest absolute Gasteiger partial charge is 0.431 e. The largest absolute Gasteiger partial charge is 0.480 e. The minimum atomic E-state index is -5.06. The first kappa shape index (κ1) is 26.4. The summed E-state index contributed by atoms with van der Waals surface area (Å²) < 4.78 is 54.2. The van der Waals surface area contributed by atoms with Crippen LogP contribution in [0.3, 0.4) is 0 Å². The lowest BCUT2D eigenvalue weighted by Crippen LogP contribution is -2.41. The van der Waals surface area contributed by atoms with Gasteiger partial charge in [-0.2, -0.15) is 13.2 Å². The van der Waals surface area contributed by atoms with Crippen molar-refractivity contribution in [2.75, 3.05) is 19.6 Å². The lowest BCUT2D eigenvalue weighted by atomic mass is 10.2. The number of amides is 1. The summed E-state index contributed by atoms with van der Waals surface area (Å²) in [6.45, 7) is -2.27. The summed E-state index contributed by atoms with van der Waals surface area (Å²) in [4.78, 5) is 65.0. The number of aliphatic imine (C=N–C) groups is 1. The van der Waals surface area contributed by atoms with Crippen LogP contribution in [0.15, 0.2) is 32.8 Å². The third kappa shape index (κ3) is 5.07. The van der Waals surface area contributed by atoms with E-state index in [1.807, 2.05) is 0 Å². The third-order valence-corrected chi connectivity index (χ3v) is 5.16. The van der Waals surface area contributed by atoms with Gasteiger partial charge in [0.2, 0.25) is 11.9 Å². The van der Waals surface area contributed by atoms with Crippen LogP contribution < -0.4 is 11.2 Å². The van der Waals surface area contributed by atoms with Gasteiger partial charge in [0.25, 0.3) is 5.56 Å². The number of alkyl halides is 3. The van der Waals surface area contributed by atoms with Gasteiger partial charge in [-0.25, -0.2) is 18.7 Å². The molecule has 2 heterocycles. The number of hydrogen-bond acceptors (Lipinski definition) is 6. The second-order valence-electron chi connectivity index (χ2n) is 7.33. The molecule has 1 amide bonds. The molecular formula is C19H14ClF4N5O7. The number of guanidine groups is 1. The Bertz CT molecular complexity index is 1430. The van der Waals surface area contributed by atoms with Crippen LogP contribution >= 0.6 is 11.6 Å². The number of benzene rings is 1. The fourth-order valence-corrected chi connectivity index (χ4v) is 3.52. The number of halogens is 5. The van der Waals surface area contributed by atoms with Gasteiger partial charge in [0, 0.05) is 13.1 Å². The topological polar surface area (TPSA) is 155 Å². The van der Waals surface area contributed by atoms with Crippen molar-refractivity contribution < 1.29 is 42.2 Å². The standard InChI is InChI=1S/C19H14ClF4N5O7/c1-26-12(19(22,23)24)4-13(30)29(18(26)36)11-3-10(8(20)2-9(11)21)25-17-27(6-15(32)33)5-14(31)28(17)7-16(34)35/h2-4H,5-7H2,1H3,(H,32,33)(H,34,35)/b25-17+. The molecule has 0 radical (unpaired) electrons. The zero-order chi connectivity index (χ0) is 27.1. The molecule has 0 aliphatic carbocycles. The molecule has 1 aliphatic heterocycles. The Hall–Kier alpha value is -4.21. The quantitative estimate of drug-likeness (QED) is 0.511. The summed E-state index contributed by atoms with van der Waals surface area (Å²) >= 11 is 5.99. The predicted octanol–water partition coefficient (Wildman–Crippen LogP) is 0.648. The number of carboxylic acid groups (broad SMARTS) is 2. The van der Waals surface area contributed by atoms with Crippen LogP contribution in [0.2, 0.25) is 5.02 Å². The molecule has 1 aliphatic rings. The highest BCUT2D eigenvalue weighted by Crippen LogP contribution is 2.31. The minimum absolute atomic E-state index is 0.0832. The van der Waals surface area contributed by atoms with Crippen molar-refractivity contribution >= 4 is 41.1 Å². The van der Waals surface area contributed by atoms with E-state index >= 15 is 0 Å². The first-order chi connectivity index (χ1) is 16.6. The third-order valence-electron chi connectivity index (χ3n) is 4.86. The number of aromatic nitrogens is 2. The molecule has 0 saturated carbocycles. The Labute approximate surface area is 201 Å². The lowest BCUT2D eigenvalue weighted by molar-refractivity contribution is -0.144.